The fraction of sp³-hybridized carbons (Fsp3) is 0.294. The molecule has 1 aromatic carbocycles. The van der Waals surface area contributed by atoms with Gasteiger partial charge in [-0.15, -0.1) is 0 Å². The number of aromatic amines is 1. The van der Waals surface area contributed by atoms with E-state index in [1.54, 1.807) is 11.0 Å². The van der Waals surface area contributed by atoms with Crippen molar-refractivity contribution in [1.29, 1.82) is 0 Å². The minimum Gasteiger partial charge on any atom is -0.342 e. The molecule has 0 spiro atoms. The van der Waals surface area contributed by atoms with E-state index >= 15 is 0 Å². The van der Waals surface area contributed by atoms with E-state index in [2.05, 4.69) is 41.5 Å². The van der Waals surface area contributed by atoms with Crippen LogP contribution in [0.4, 0.5) is 0 Å². The minimum absolute atomic E-state index is 0.239. The quantitative estimate of drug-likeness (QED) is 0.662. The molecule has 0 aliphatic heterocycles. The van der Waals surface area contributed by atoms with Gasteiger partial charge in [0.2, 0.25) is 0 Å². The molecule has 1 unspecified atom stereocenters. The van der Waals surface area contributed by atoms with Gasteiger partial charge >= 0.3 is 0 Å². The van der Waals surface area contributed by atoms with Gasteiger partial charge in [-0.1, -0.05) is 44.2 Å². The summed E-state index contributed by atoms with van der Waals surface area (Å²) in [5.41, 5.74) is 2.24. The lowest BCUT2D eigenvalue weighted by atomic mass is 10.1. The van der Waals surface area contributed by atoms with Crippen LogP contribution in [0.15, 0.2) is 47.5 Å². The standard InChI is InChI=1S/C17H19BrN6O/c1-11(2)15-14(18)16(23-22-15)17(25)21-13(8-24-10-19-9-20-24)12-6-4-3-5-7-12/h3-7,9-11,13H,8H2,1-2H3,(H,21,25)(H,22,23). The van der Waals surface area contributed by atoms with Crippen LogP contribution in [0.3, 0.4) is 0 Å². The van der Waals surface area contributed by atoms with Crippen LogP contribution in [0.2, 0.25) is 0 Å². The third kappa shape index (κ3) is 3.96. The zero-order valence-corrected chi connectivity index (χ0v) is 15.6. The van der Waals surface area contributed by atoms with Gasteiger partial charge in [-0.2, -0.15) is 10.2 Å². The second-order valence-electron chi connectivity index (χ2n) is 6.01. The Labute approximate surface area is 154 Å². The van der Waals surface area contributed by atoms with E-state index in [9.17, 15) is 4.79 Å². The molecule has 2 N–H and O–H groups in total. The van der Waals surface area contributed by atoms with Crippen molar-refractivity contribution in [2.75, 3.05) is 0 Å². The van der Waals surface area contributed by atoms with Gasteiger partial charge in [-0.25, -0.2) is 4.98 Å². The van der Waals surface area contributed by atoms with Crippen molar-refractivity contribution in [3.8, 4) is 0 Å². The molecule has 0 saturated heterocycles. The second-order valence-corrected chi connectivity index (χ2v) is 6.80. The molecule has 1 amide bonds. The molecule has 25 heavy (non-hydrogen) atoms. The SMILES string of the molecule is CC(C)c1[nH]nc(C(=O)NC(Cn2cncn2)c2ccccc2)c1Br. The van der Waals surface area contributed by atoms with Crippen LogP contribution in [-0.2, 0) is 6.54 Å². The summed E-state index contributed by atoms with van der Waals surface area (Å²) in [5.74, 6) is -0.00696. The Morgan fingerprint density at radius 2 is 2.08 bits per heavy atom. The van der Waals surface area contributed by atoms with Crippen molar-refractivity contribution in [3.05, 3.63) is 64.4 Å². The van der Waals surface area contributed by atoms with Crippen LogP contribution in [0.1, 0.15) is 47.6 Å². The zero-order chi connectivity index (χ0) is 17.8. The molecule has 8 heteroatoms. The highest BCUT2D eigenvalue weighted by Gasteiger charge is 2.23. The molecule has 130 valence electrons. The number of H-pyrrole nitrogens is 1. The highest BCUT2D eigenvalue weighted by Crippen LogP contribution is 2.26. The lowest BCUT2D eigenvalue weighted by molar-refractivity contribution is 0.0926. The van der Waals surface area contributed by atoms with Gasteiger partial charge in [0.1, 0.15) is 12.7 Å². The van der Waals surface area contributed by atoms with Crippen molar-refractivity contribution in [3.63, 3.8) is 0 Å². The average Bonchev–Trinajstić information content (AvgIpc) is 3.24. The monoisotopic (exact) mass is 402 g/mol. The molecule has 0 aliphatic carbocycles. The minimum atomic E-state index is -0.249. The smallest absolute Gasteiger partial charge is 0.273 e. The number of halogens is 1. The number of carbonyl (C=O) groups excluding carboxylic acids is 1. The fourth-order valence-electron chi connectivity index (χ4n) is 2.54. The van der Waals surface area contributed by atoms with Gasteiger partial charge < -0.3 is 5.32 Å². The number of aromatic nitrogens is 5. The Balaban J connectivity index is 1.83. The molecule has 3 aromatic rings. The number of carbonyl (C=O) groups is 1. The molecule has 1 atom stereocenters. The number of amides is 1. The first-order valence-electron chi connectivity index (χ1n) is 7.98. The summed E-state index contributed by atoms with van der Waals surface area (Å²) in [7, 11) is 0. The van der Waals surface area contributed by atoms with E-state index < -0.39 is 0 Å². The first-order valence-corrected chi connectivity index (χ1v) is 8.77. The van der Waals surface area contributed by atoms with Crippen LogP contribution in [-0.4, -0.2) is 30.9 Å². The molecule has 0 aliphatic rings. The predicted octanol–water partition coefficient (Wildman–Crippen LogP) is 3.06. The Hall–Kier alpha value is -2.48. The number of hydrogen-bond acceptors (Lipinski definition) is 4. The maximum Gasteiger partial charge on any atom is 0.273 e. The van der Waals surface area contributed by atoms with Gasteiger partial charge in [-0.3, -0.25) is 14.6 Å². The van der Waals surface area contributed by atoms with Crippen LogP contribution in [0.25, 0.3) is 0 Å². The second kappa shape index (κ2) is 7.60. The summed E-state index contributed by atoms with van der Waals surface area (Å²) in [5, 5.41) is 14.3. The van der Waals surface area contributed by atoms with Crippen molar-refractivity contribution in [1.82, 2.24) is 30.3 Å². The van der Waals surface area contributed by atoms with E-state index in [-0.39, 0.29) is 17.9 Å². The molecule has 0 saturated carbocycles. The Kier molecular flexibility index (Phi) is 5.28. The lowest BCUT2D eigenvalue weighted by Crippen LogP contribution is -2.32. The third-order valence-electron chi connectivity index (χ3n) is 3.87. The first-order chi connectivity index (χ1) is 12.1. The van der Waals surface area contributed by atoms with Gasteiger partial charge in [0.25, 0.3) is 5.91 Å². The molecule has 3 rings (SSSR count). The first kappa shape index (κ1) is 17.3. The molecule has 0 fully saturated rings. The Morgan fingerprint density at radius 3 is 2.68 bits per heavy atom. The van der Waals surface area contributed by atoms with Crippen LogP contribution < -0.4 is 5.32 Å². The predicted molar refractivity (Wildman–Crippen MR) is 97.0 cm³/mol. The third-order valence-corrected chi connectivity index (χ3v) is 4.67. The van der Waals surface area contributed by atoms with E-state index in [0.717, 1.165) is 11.3 Å². The summed E-state index contributed by atoms with van der Waals surface area (Å²) in [6.45, 7) is 4.56. The summed E-state index contributed by atoms with van der Waals surface area (Å²) in [6, 6.07) is 9.52. The highest BCUT2D eigenvalue weighted by molar-refractivity contribution is 9.10. The van der Waals surface area contributed by atoms with Gasteiger partial charge in [0.15, 0.2) is 5.69 Å². The van der Waals surface area contributed by atoms with Gasteiger partial charge in [0.05, 0.1) is 22.8 Å². The maximum absolute atomic E-state index is 12.7. The van der Waals surface area contributed by atoms with Crippen molar-refractivity contribution in [2.24, 2.45) is 0 Å². The fourth-order valence-corrected chi connectivity index (χ4v) is 3.35. The largest absolute Gasteiger partial charge is 0.342 e. The van der Waals surface area contributed by atoms with Crippen molar-refractivity contribution < 1.29 is 4.79 Å². The summed E-state index contributed by atoms with van der Waals surface area (Å²) in [6.07, 6.45) is 3.10. The van der Waals surface area contributed by atoms with E-state index in [4.69, 9.17) is 0 Å². The van der Waals surface area contributed by atoms with Crippen LogP contribution in [0.5, 0.6) is 0 Å². The lowest BCUT2D eigenvalue weighted by Gasteiger charge is -2.18. The number of nitrogens with one attached hydrogen (secondary N) is 2. The molecular weight excluding hydrogens is 384 g/mol. The molecular formula is C17H19BrN6O. The number of hydrogen-bond donors (Lipinski definition) is 2. The maximum atomic E-state index is 12.7. The number of benzene rings is 1. The molecule has 0 bridgehead atoms. The van der Waals surface area contributed by atoms with Crippen molar-refractivity contribution >= 4 is 21.8 Å². The topological polar surface area (TPSA) is 88.5 Å². The number of rotatable bonds is 6. The van der Waals surface area contributed by atoms with E-state index in [1.165, 1.54) is 6.33 Å². The summed E-state index contributed by atoms with van der Waals surface area (Å²) in [4.78, 5) is 16.7. The average molecular weight is 403 g/mol. The van der Waals surface area contributed by atoms with E-state index in [0.29, 0.717) is 16.7 Å². The summed E-state index contributed by atoms with van der Waals surface area (Å²) < 4.78 is 2.39. The molecule has 0 radical (unpaired) electrons. The molecule has 2 aromatic heterocycles. The van der Waals surface area contributed by atoms with Crippen LogP contribution >= 0.6 is 15.9 Å². The molecule has 2 heterocycles. The Bertz CT molecular complexity index is 828. The van der Waals surface area contributed by atoms with Crippen LogP contribution in [0, 0.1) is 0 Å². The Morgan fingerprint density at radius 1 is 1.32 bits per heavy atom. The number of nitrogens with zero attached hydrogens (tertiary/aromatic N) is 4. The van der Waals surface area contributed by atoms with Gasteiger partial charge in [0, 0.05) is 0 Å². The highest BCUT2D eigenvalue weighted by atomic mass is 79.9. The van der Waals surface area contributed by atoms with Gasteiger partial charge in [-0.05, 0) is 27.4 Å². The molecule has 7 nitrogen and oxygen atoms in total. The normalized spacial score (nSPS) is 12.3. The van der Waals surface area contributed by atoms with E-state index in [1.807, 2.05) is 44.2 Å². The zero-order valence-electron chi connectivity index (χ0n) is 14.0. The van der Waals surface area contributed by atoms with Crippen molar-refractivity contribution in [2.45, 2.75) is 32.4 Å². The summed E-state index contributed by atoms with van der Waals surface area (Å²) >= 11 is 3.48.